The van der Waals surface area contributed by atoms with Crippen molar-refractivity contribution in [3.05, 3.63) is 34.9 Å². The number of halogens is 2. The van der Waals surface area contributed by atoms with Crippen LogP contribution in [0.2, 0.25) is 5.02 Å². The van der Waals surface area contributed by atoms with Gasteiger partial charge in [0.05, 0.1) is 56.6 Å². The van der Waals surface area contributed by atoms with Crippen molar-refractivity contribution in [2.45, 2.75) is 50.2 Å². The van der Waals surface area contributed by atoms with Crippen molar-refractivity contribution in [2.24, 2.45) is 0 Å². The van der Waals surface area contributed by atoms with Crippen molar-refractivity contribution in [1.82, 2.24) is 25.1 Å². The number of fused-ring (bicyclic) bond motifs is 8. The normalized spacial score (nSPS) is 25.3. The summed E-state index contributed by atoms with van der Waals surface area (Å²) < 4.78 is 40.2. The second-order valence-electron chi connectivity index (χ2n) is 12.4. The fraction of sp³-hybridized carbons (Fsp3) is 0.516. The van der Waals surface area contributed by atoms with Gasteiger partial charge in [-0.05, 0) is 24.5 Å². The zero-order chi connectivity index (χ0) is 30.5. The Kier molecular flexibility index (Phi) is 7.34. The Balaban J connectivity index is 1.30. The van der Waals surface area contributed by atoms with Gasteiger partial charge in [0.1, 0.15) is 35.3 Å². The Bertz CT molecular complexity index is 1780. The third-order valence-electron chi connectivity index (χ3n) is 9.76. The number of pyridine rings is 1. The Labute approximate surface area is 263 Å². The highest BCUT2D eigenvalue weighted by Gasteiger charge is 2.49. The smallest absolute Gasteiger partial charge is 0.457 e. The van der Waals surface area contributed by atoms with E-state index in [1.807, 2.05) is 4.90 Å². The number of nitrogens with one attached hydrogen (secondary N) is 2. The summed E-state index contributed by atoms with van der Waals surface area (Å²) in [6.07, 6.45) is 7.15. The van der Waals surface area contributed by atoms with Crippen molar-refractivity contribution in [3.63, 3.8) is 0 Å². The number of H-pyrrole nitrogens is 1. The van der Waals surface area contributed by atoms with Crippen molar-refractivity contribution in [1.29, 1.82) is 0 Å². The number of carbonyl (C=O) groups excluding carboxylic acids is 1. The van der Waals surface area contributed by atoms with Crippen LogP contribution in [0.15, 0.2) is 18.5 Å². The number of rotatable bonds is 3. The van der Waals surface area contributed by atoms with Gasteiger partial charge in [-0.15, -0.1) is 0 Å². The first-order valence-corrected chi connectivity index (χ1v) is 16.0. The highest BCUT2D eigenvalue weighted by Crippen LogP contribution is 2.40. The largest absolute Gasteiger partial charge is 0.508 e. The number of anilines is 1. The van der Waals surface area contributed by atoms with E-state index < -0.39 is 18.1 Å². The molecule has 1 atom stereocenters. The van der Waals surface area contributed by atoms with Gasteiger partial charge in [0.15, 0.2) is 5.82 Å². The molecule has 1 aromatic carbocycles. The van der Waals surface area contributed by atoms with Gasteiger partial charge in [-0.25, -0.2) is 9.18 Å². The number of carbonyl (C=O) groups is 1. The molecule has 9 rings (SSSR count). The molecule has 5 aliphatic rings. The van der Waals surface area contributed by atoms with E-state index in [-0.39, 0.29) is 42.5 Å². The van der Waals surface area contributed by atoms with Gasteiger partial charge >= 0.3 is 12.2 Å². The highest BCUT2D eigenvalue weighted by molar-refractivity contribution is 6.33. The van der Waals surface area contributed by atoms with E-state index in [1.54, 1.807) is 23.4 Å². The van der Waals surface area contributed by atoms with Gasteiger partial charge in [-0.3, -0.25) is 10.1 Å². The van der Waals surface area contributed by atoms with E-state index >= 15 is 4.39 Å². The Hall–Kier alpha value is -3.81. The first kappa shape index (κ1) is 28.6. The Morgan fingerprint density at radius 3 is 2.89 bits per heavy atom. The molecule has 3 aromatic heterocycles. The van der Waals surface area contributed by atoms with Crippen LogP contribution in [0.1, 0.15) is 37.7 Å². The molecule has 3 fully saturated rings. The predicted octanol–water partition coefficient (Wildman–Crippen LogP) is 3.26. The number of ether oxygens (including phenoxy) is 4. The second-order valence-corrected chi connectivity index (χ2v) is 12.8. The first-order valence-electron chi connectivity index (χ1n) is 15.6. The third-order valence-corrected chi connectivity index (χ3v) is 10.1. The van der Waals surface area contributed by atoms with Gasteiger partial charge in [-0.2, -0.15) is 15.1 Å². The maximum Gasteiger partial charge on any atom is 0.508 e. The van der Waals surface area contributed by atoms with Crippen LogP contribution in [-0.2, 0) is 20.6 Å². The number of nitrogens with zero attached hydrogens (tertiary/aromatic N) is 5. The molecule has 8 heterocycles. The van der Waals surface area contributed by atoms with Crippen molar-refractivity contribution >= 4 is 45.4 Å². The SMILES string of the molecule is O=C1OCCCc2c(Cl)cc3[nH]ncc3c2-c2ncc3c(nc(OCC45CCC[NH+]4CCC5)nc3c2F)N2CCOCC(C2)O1. The molecule has 0 radical (unpaired) electrons. The summed E-state index contributed by atoms with van der Waals surface area (Å²) in [6, 6.07) is 1.86. The molecule has 45 heavy (non-hydrogen) atoms. The summed E-state index contributed by atoms with van der Waals surface area (Å²) in [5.41, 5.74) is 2.06. The maximum atomic E-state index is 17.0. The van der Waals surface area contributed by atoms with E-state index in [0.29, 0.717) is 70.9 Å². The molecule has 236 valence electrons. The van der Waals surface area contributed by atoms with Gasteiger partial charge < -0.3 is 28.7 Å². The predicted molar refractivity (Wildman–Crippen MR) is 162 cm³/mol. The minimum atomic E-state index is -0.776. The molecule has 0 amide bonds. The van der Waals surface area contributed by atoms with Gasteiger partial charge in [0, 0.05) is 54.4 Å². The summed E-state index contributed by atoms with van der Waals surface area (Å²) >= 11 is 6.77. The fourth-order valence-corrected chi connectivity index (χ4v) is 7.90. The summed E-state index contributed by atoms with van der Waals surface area (Å²) in [5, 5.41) is 8.63. The van der Waals surface area contributed by atoms with Crippen molar-refractivity contribution in [3.8, 4) is 17.3 Å². The molecule has 0 saturated carbocycles. The average Bonchev–Trinajstić information content (AvgIpc) is 3.71. The van der Waals surface area contributed by atoms with E-state index in [2.05, 4.69) is 20.2 Å². The topological polar surface area (TPSA) is 129 Å². The molecular weight excluding hydrogens is 605 g/mol. The summed E-state index contributed by atoms with van der Waals surface area (Å²) in [4.78, 5) is 30.3. The minimum absolute atomic E-state index is 0.0342. The van der Waals surface area contributed by atoms with Crippen LogP contribution in [0.5, 0.6) is 6.01 Å². The maximum absolute atomic E-state index is 17.0. The van der Waals surface area contributed by atoms with Crippen LogP contribution in [0.4, 0.5) is 15.0 Å². The van der Waals surface area contributed by atoms with Crippen LogP contribution >= 0.6 is 11.6 Å². The molecule has 0 aliphatic carbocycles. The van der Waals surface area contributed by atoms with Crippen molar-refractivity contribution in [2.75, 3.05) is 57.5 Å². The molecule has 4 aromatic rings. The number of hydrogen-bond acceptors (Lipinski definition) is 10. The third kappa shape index (κ3) is 5.10. The Morgan fingerprint density at radius 1 is 1.16 bits per heavy atom. The van der Waals surface area contributed by atoms with Crippen LogP contribution in [0.3, 0.4) is 0 Å². The summed E-state index contributed by atoms with van der Waals surface area (Å²) in [7, 11) is 0. The second kappa shape index (κ2) is 11.5. The van der Waals surface area contributed by atoms with Gasteiger partial charge in [0.2, 0.25) is 0 Å². The van der Waals surface area contributed by atoms with E-state index in [4.69, 9.17) is 35.5 Å². The lowest BCUT2D eigenvalue weighted by atomic mass is 9.95. The van der Waals surface area contributed by atoms with Gasteiger partial charge in [-0.1, -0.05) is 11.6 Å². The standard InChI is InChI=1S/C31H33ClFN7O5/c32-22-12-23-20(14-35-38-23)24-19(22)4-1-10-43-30(41)45-18-15-39(9-11-42-16-18)28-21-13-34-27(24)25(33)26(21)36-29(37-28)44-17-31-5-2-7-40(31)8-3-6-31/h12-14,18H,1-11,15-17H2,(H,35,38)/p+1. The molecule has 12 nitrogen and oxygen atoms in total. The minimum Gasteiger partial charge on any atom is -0.457 e. The van der Waals surface area contributed by atoms with Crippen LogP contribution in [0, 0.1) is 5.82 Å². The fourth-order valence-electron chi connectivity index (χ4n) is 7.60. The first-order chi connectivity index (χ1) is 22.0. The lowest BCUT2D eigenvalue weighted by molar-refractivity contribution is -0.925. The number of aromatic nitrogens is 5. The molecule has 2 N–H and O–H groups in total. The van der Waals surface area contributed by atoms with E-state index in [1.165, 1.54) is 0 Å². The number of hydrogen-bond donors (Lipinski definition) is 2. The zero-order valence-corrected chi connectivity index (χ0v) is 25.5. The Morgan fingerprint density at radius 2 is 2.02 bits per heavy atom. The molecule has 0 spiro atoms. The van der Waals surface area contributed by atoms with E-state index in [9.17, 15) is 4.79 Å². The number of aromatic amines is 1. The summed E-state index contributed by atoms with van der Waals surface area (Å²) in [6.45, 7) is 4.07. The molecule has 1 unspecified atom stereocenters. The lowest BCUT2D eigenvalue weighted by Crippen LogP contribution is -3.16. The van der Waals surface area contributed by atoms with Crippen molar-refractivity contribution < 1.29 is 33.0 Å². The van der Waals surface area contributed by atoms with Crippen LogP contribution in [-0.4, -0.2) is 95.6 Å². The molecule has 5 aliphatic heterocycles. The number of quaternary nitrogens is 1. The molecule has 3 saturated heterocycles. The lowest BCUT2D eigenvalue weighted by Gasteiger charge is -2.29. The highest BCUT2D eigenvalue weighted by atomic mass is 35.5. The quantitative estimate of drug-likeness (QED) is 0.323. The van der Waals surface area contributed by atoms with Crippen LogP contribution in [0.25, 0.3) is 33.1 Å². The molecule has 6 bridgehead atoms. The molecular formula is C31H34ClFN7O5+. The van der Waals surface area contributed by atoms with Crippen LogP contribution < -0.4 is 14.5 Å². The summed E-state index contributed by atoms with van der Waals surface area (Å²) in [5.74, 6) is -0.164. The molecule has 14 heteroatoms. The number of benzene rings is 1. The van der Waals surface area contributed by atoms with E-state index in [0.717, 1.165) is 38.8 Å². The average molecular weight is 639 g/mol. The zero-order valence-electron chi connectivity index (χ0n) is 24.7. The van der Waals surface area contributed by atoms with Gasteiger partial charge in [0.25, 0.3) is 0 Å². The monoisotopic (exact) mass is 638 g/mol.